The molecule has 0 saturated heterocycles. The fourth-order valence-electron chi connectivity index (χ4n) is 3.84. The molecule has 2 amide bonds. The van der Waals surface area contributed by atoms with Gasteiger partial charge in [0.1, 0.15) is 11.5 Å². The van der Waals surface area contributed by atoms with Crippen molar-refractivity contribution in [1.82, 2.24) is 5.43 Å². The standard InChI is InChI=1S/C25H23Cl2N3O4/c1-3-33-17-10-8-16(9-11-17)28-25(32)23-14(2)22-20(5-4-6-21(22)34-23)29-30-24(31)18-12-7-15(26)13-19(18)27/h7-13H,3-6H2,1-2H3,(H,28,32)(H,30,31)/b29-20+. The van der Waals surface area contributed by atoms with Gasteiger partial charge in [-0.15, -0.1) is 0 Å². The number of halogens is 2. The SMILES string of the molecule is CCOc1ccc(NC(=O)c2oc3c(c2C)/C(=N/NC(=O)c2ccc(Cl)cc2Cl)CCC3)cc1. The number of anilines is 1. The van der Waals surface area contributed by atoms with Crippen LogP contribution in [0.3, 0.4) is 0 Å². The van der Waals surface area contributed by atoms with Crippen molar-refractivity contribution in [2.75, 3.05) is 11.9 Å². The number of carbonyl (C=O) groups is 2. The van der Waals surface area contributed by atoms with E-state index in [1.807, 2.05) is 13.8 Å². The summed E-state index contributed by atoms with van der Waals surface area (Å²) >= 11 is 12.0. The van der Waals surface area contributed by atoms with E-state index in [2.05, 4.69) is 15.8 Å². The van der Waals surface area contributed by atoms with Gasteiger partial charge in [-0.3, -0.25) is 9.59 Å². The van der Waals surface area contributed by atoms with Crippen molar-refractivity contribution in [2.24, 2.45) is 5.10 Å². The highest BCUT2D eigenvalue weighted by molar-refractivity contribution is 6.36. The van der Waals surface area contributed by atoms with Crippen LogP contribution >= 0.6 is 23.2 Å². The molecule has 0 saturated carbocycles. The van der Waals surface area contributed by atoms with E-state index in [-0.39, 0.29) is 22.3 Å². The van der Waals surface area contributed by atoms with E-state index < -0.39 is 5.91 Å². The number of hydrazone groups is 1. The monoisotopic (exact) mass is 499 g/mol. The maximum atomic E-state index is 12.9. The first kappa shape index (κ1) is 23.9. The van der Waals surface area contributed by atoms with E-state index in [1.54, 1.807) is 36.4 Å². The molecule has 9 heteroatoms. The lowest BCUT2D eigenvalue weighted by Crippen LogP contribution is -2.22. The minimum absolute atomic E-state index is 0.223. The summed E-state index contributed by atoms with van der Waals surface area (Å²) in [6.45, 7) is 4.29. The van der Waals surface area contributed by atoms with Crippen LogP contribution in [0.5, 0.6) is 5.75 Å². The van der Waals surface area contributed by atoms with E-state index in [9.17, 15) is 9.59 Å². The van der Waals surface area contributed by atoms with Crippen LogP contribution in [0.1, 0.15) is 57.6 Å². The summed E-state index contributed by atoms with van der Waals surface area (Å²) in [7, 11) is 0. The number of amides is 2. The molecular formula is C25H23Cl2N3O4. The van der Waals surface area contributed by atoms with Crippen LogP contribution in [-0.4, -0.2) is 24.1 Å². The van der Waals surface area contributed by atoms with Gasteiger partial charge in [0, 0.05) is 28.3 Å². The molecular weight excluding hydrogens is 477 g/mol. The first-order chi connectivity index (χ1) is 16.4. The zero-order valence-corrected chi connectivity index (χ0v) is 20.2. The number of carbonyl (C=O) groups excluding carboxylic acids is 2. The minimum Gasteiger partial charge on any atom is -0.494 e. The Morgan fingerprint density at radius 2 is 1.85 bits per heavy atom. The molecule has 4 rings (SSSR count). The molecule has 1 heterocycles. The van der Waals surface area contributed by atoms with Gasteiger partial charge in [-0.2, -0.15) is 5.10 Å². The summed E-state index contributed by atoms with van der Waals surface area (Å²) in [6.07, 6.45) is 2.11. The molecule has 0 radical (unpaired) electrons. The molecule has 2 N–H and O–H groups in total. The number of nitrogens with one attached hydrogen (secondary N) is 2. The first-order valence-electron chi connectivity index (χ1n) is 10.9. The third kappa shape index (κ3) is 5.11. The highest BCUT2D eigenvalue weighted by Gasteiger charge is 2.28. The Bertz CT molecular complexity index is 1270. The second-order valence-electron chi connectivity index (χ2n) is 7.74. The molecule has 3 aromatic rings. The lowest BCUT2D eigenvalue weighted by Gasteiger charge is -2.13. The molecule has 34 heavy (non-hydrogen) atoms. The molecule has 0 aliphatic heterocycles. The number of rotatable bonds is 6. The first-order valence-corrected chi connectivity index (χ1v) is 11.6. The minimum atomic E-state index is -0.448. The van der Waals surface area contributed by atoms with Gasteiger partial charge >= 0.3 is 0 Å². The highest BCUT2D eigenvalue weighted by atomic mass is 35.5. The van der Waals surface area contributed by atoms with Gasteiger partial charge in [0.2, 0.25) is 0 Å². The van der Waals surface area contributed by atoms with Crippen molar-refractivity contribution in [3.05, 3.63) is 80.7 Å². The molecule has 0 unspecified atom stereocenters. The Morgan fingerprint density at radius 3 is 2.56 bits per heavy atom. The van der Waals surface area contributed by atoms with Crippen molar-refractivity contribution < 1.29 is 18.7 Å². The maximum Gasteiger partial charge on any atom is 0.291 e. The predicted molar refractivity (Wildman–Crippen MR) is 132 cm³/mol. The number of ether oxygens (including phenoxy) is 1. The zero-order valence-electron chi connectivity index (χ0n) is 18.7. The predicted octanol–water partition coefficient (Wildman–Crippen LogP) is 6.02. The number of fused-ring (bicyclic) bond motifs is 1. The molecule has 0 atom stereocenters. The fourth-order valence-corrected chi connectivity index (χ4v) is 4.33. The largest absolute Gasteiger partial charge is 0.494 e. The highest BCUT2D eigenvalue weighted by Crippen LogP contribution is 2.30. The van der Waals surface area contributed by atoms with Crippen molar-refractivity contribution in [2.45, 2.75) is 33.1 Å². The van der Waals surface area contributed by atoms with E-state index in [0.717, 1.165) is 17.7 Å². The summed E-state index contributed by atoms with van der Waals surface area (Å²) < 4.78 is 11.3. The van der Waals surface area contributed by atoms with Gasteiger partial charge in [0.05, 0.1) is 22.9 Å². The second-order valence-corrected chi connectivity index (χ2v) is 8.59. The number of hydrogen-bond donors (Lipinski definition) is 2. The van der Waals surface area contributed by atoms with Crippen LogP contribution in [0.2, 0.25) is 10.0 Å². The number of nitrogens with zero attached hydrogens (tertiary/aromatic N) is 1. The van der Waals surface area contributed by atoms with Crippen LogP contribution in [0, 0.1) is 6.92 Å². The Labute approximate surface area is 207 Å². The number of furan rings is 1. The Hall–Kier alpha value is -3.29. The van der Waals surface area contributed by atoms with Gasteiger partial charge in [-0.05, 0) is 69.2 Å². The third-order valence-electron chi connectivity index (χ3n) is 5.42. The number of aryl methyl sites for hydroxylation is 1. The summed E-state index contributed by atoms with van der Waals surface area (Å²) in [4.78, 5) is 25.5. The summed E-state index contributed by atoms with van der Waals surface area (Å²) in [5.74, 6) is 0.829. The van der Waals surface area contributed by atoms with Crippen LogP contribution in [-0.2, 0) is 6.42 Å². The van der Waals surface area contributed by atoms with Gasteiger partial charge < -0.3 is 14.5 Å². The topological polar surface area (TPSA) is 92.9 Å². The summed E-state index contributed by atoms with van der Waals surface area (Å²) in [5.41, 5.74) is 5.54. The van der Waals surface area contributed by atoms with Gasteiger partial charge in [-0.25, -0.2) is 5.43 Å². The van der Waals surface area contributed by atoms with Crippen LogP contribution in [0.15, 0.2) is 52.0 Å². The Balaban J connectivity index is 1.53. The molecule has 1 aliphatic carbocycles. The molecule has 0 bridgehead atoms. The molecule has 1 aromatic heterocycles. The molecule has 0 fully saturated rings. The van der Waals surface area contributed by atoms with E-state index in [1.165, 1.54) is 6.07 Å². The third-order valence-corrected chi connectivity index (χ3v) is 5.97. The smallest absolute Gasteiger partial charge is 0.291 e. The number of benzene rings is 2. The molecule has 7 nitrogen and oxygen atoms in total. The molecule has 1 aliphatic rings. The fraction of sp³-hybridized carbons (Fsp3) is 0.240. The van der Waals surface area contributed by atoms with Crippen LogP contribution in [0.25, 0.3) is 0 Å². The van der Waals surface area contributed by atoms with Gasteiger partial charge in [-0.1, -0.05) is 23.2 Å². The van der Waals surface area contributed by atoms with E-state index in [0.29, 0.717) is 47.2 Å². The second kappa shape index (κ2) is 10.3. The van der Waals surface area contributed by atoms with Crippen LogP contribution in [0.4, 0.5) is 5.69 Å². The van der Waals surface area contributed by atoms with Crippen molar-refractivity contribution >= 4 is 46.4 Å². The quantitative estimate of drug-likeness (QED) is 0.405. The Kier molecular flexibility index (Phi) is 7.24. The summed E-state index contributed by atoms with van der Waals surface area (Å²) in [6, 6.07) is 11.7. The van der Waals surface area contributed by atoms with Gasteiger partial charge in [0.25, 0.3) is 11.8 Å². The van der Waals surface area contributed by atoms with Crippen molar-refractivity contribution in [1.29, 1.82) is 0 Å². The average Bonchev–Trinajstić information content (AvgIpc) is 3.16. The van der Waals surface area contributed by atoms with E-state index in [4.69, 9.17) is 32.4 Å². The number of hydrogen-bond acceptors (Lipinski definition) is 5. The van der Waals surface area contributed by atoms with E-state index >= 15 is 0 Å². The van der Waals surface area contributed by atoms with Crippen molar-refractivity contribution in [3.63, 3.8) is 0 Å². The Morgan fingerprint density at radius 1 is 1.09 bits per heavy atom. The lowest BCUT2D eigenvalue weighted by molar-refractivity contribution is 0.0953. The molecule has 0 spiro atoms. The average molecular weight is 500 g/mol. The molecule has 176 valence electrons. The van der Waals surface area contributed by atoms with Crippen molar-refractivity contribution in [3.8, 4) is 5.75 Å². The zero-order chi connectivity index (χ0) is 24.2. The van der Waals surface area contributed by atoms with Crippen LogP contribution < -0.4 is 15.5 Å². The summed E-state index contributed by atoms with van der Waals surface area (Å²) in [5, 5.41) is 7.86. The normalized spacial score (nSPS) is 13.9. The maximum absolute atomic E-state index is 12.9. The lowest BCUT2D eigenvalue weighted by atomic mass is 9.93. The molecule has 2 aromatic carbocycles. The van der Waals surface area contributed by atoms with Gasteiger partial charge in [0.15, 0.2) is 5.76 Å².